The summed E-state index contributed by atoms with van der Waals surface area (Å²) >= 11 is 6.29. The maximum absolute atomic E-state index is 11.9. The zero-order valence-electron chi connectivity index (χ0n) is 9.48. The Balaban J connectivity index is 2.32. The molecule has 0 fully saturated rings. The van der Waals surface area contributed by atoms with Crippen molar-refractivity contribution in [2.45, 2.75) is 4.21 Å². The average Bonchev–Trinajstić information content (AvgIpc) is 2.79. The Bertz CT molecular complexity index is 774. The molecule has 0 aliphatic carbocycles. The molecular weight excluding hydrogens is 330 g/mol. The van der Waals surface area contributed by atoms with Crippen molar-refractivity contribution < 1.29 is 18.4 Å². The van der Waals surface area contributed by atoms with Gasteiger partial charge in [-0.15, -0.1) is 0 Å². The smallest absolute Gasteiger partial charge is 0.273 e. The number of nitro benzene ring substituents is 1. The first-order chi connectivity index (χ1) is 9.29. The third-order valence-corrected chi connectivity index (χ3v) is 5.10. The van der Waals surface area contributed by atoms with Gasteiger partial charge in [0.1, 0.15) is 5.75 Å². The molecule has 2 rings (SSSR count). The van der Waals surface area contributed by atoms with Gasteiger partial charge in [-0.1, -0.05) is 22.9 Å². The monoisotopic (exact) mass is 335 g/mol. The number of anilines is 1. The third-order valence-electron chi connectivity index (χ3n) is 2.16. The van der Waals surface area contributed by atoms with Gasteiger partial charge in [-0.25, -0.2) is 13.4 Å². The Morgan fingerprint density at radius 3 is 2.65 bits per heavy atom. The van der Waals surface area contributed by atoms with E-state index in [-0.39, 0.29) is 20.1 Å². The number of aromatic nitrogens is 1. The Morgan fingerprint density at radius 1 is 1.45 bits per heavy atom. The summed E-state index contributed by atoms with van der Waals surface area (Å²) in [5, 5.41) is 20.1. The first-order valence-electron chi connectivity index (χ1n) is 4.91. The molecule has 0 bridgehead atoms. The number of rotatable bonds is 4. The topological polar surface area (TPSA) is 122 Å². The van der Waals surface area contributed by atoms with Gasteiger partial charge >= 0.3 is 0 Å². The van der Waals surface area contributed by atoms with Gasteiger partial charge in [-0.05, 0) is 6.07 Å². The molecule has 20 heavy (non-hydrogen) atoms. The van der Waals surface area contributed by atoms with Gasteiger partial charge in [-0.2, -0.15) is 0 Å². The summed E-state index contributed by atoms with van der Waals surface area (Å²) in [6, 6.07) is 3.00. The van der Waals surface area contributed by atoms with E-state index in [0.717, 1.165) is 35.7 Å². The number of phenols is 1. The summed E-state index contributed by atoms with van der Waals surface area (Å²) in [5.74, 6) is -0.557. The number of benzene rings is 1. The van der Waals surface area contributed by atoms with Crippen LogP contribution in [-0.4, -0.2) is 23.4 Å². The van der Waals surface area contributed by atoms with Crippen molar-refractivity contribution in [3.63, 3.8) is 0 Å². The van der Waals surface area contributed by atoms with Gasteiger partial charge in [0.2, 0.25) is 0 Å². The second kappa shape index (κ2) is 5.23. The van der Waals surface area contributed by atoms with Crippen molar-refractivity contribution in [2.75, 3.05) is 4.72 Å². The highest BCUT2D eigenvalue weighted by Gasteiger charge is 2.20. The zero-order valence-corrected chi connectivity index (χ0v) is 11.9. The van der Waals surface area contributed by atoms with Crippen molar-refractivity contribution in [3.8, 4) is 5.75 Å². The molecule has 0 aliphatic heterocycles. The molecule has 0 unspecified atom stereocenters. The van der Waals surface area contributed by atoms with Crippen LogP contribution in [0.1, 0.15) is 0 Å². The van der Waals surface area contributed by atoms with Crippen LogP contribution in [0.15, 0.2) is 28.6 Å². The predicted molar refractivity (Wildman–Crippen MR) is 72.7 cm³/mol. The maximum atomic E-state index is 11.9. The van der Waals surface area contributed by atoms with Crippen LogP contribution in [0.3, 0.4) is 0 Å². The summed E-state index contributed by atoms with van der Waals surface area (Å²) in [7, 11) is -3.96. The lowest BCUT2D eigenvalue weighted by atomic mass is 10.3. The second-order valence-corrected chi connectivity index (χ2v) is 7.02. The number of nitrogens with one attached hydrogen (secondary N) is 1. The van der Waals surface area contributed by atoms with E-state index in [0.29, 0.717) is 0 Å². The van der Waals surface area contributed by atoms with Crippen molar-refractivity contribution >= 4 is 44.3 Å². The minimum Gasteiger partial charge on any atom is -0.505 e. The van der Waals surface area contributed by atoms with E-state index in [4.69, 9.17) is 11.6 Å². The molecule has 8 nitrogen and oxygen atoms in total. The van der Waals surface area contributed by atoms with Crippen LogP contribution >= 0.6 is 22.9 Å². The highest BCUT2D eigenvalue weighted by atomic mass is 35.5. The van der Waals surface area contributed by atoms with Crippen LogP contribution in [0.2, 0.25) is 4.47 Å². The van der Waals surface area contributed by atoms with Crippen molar-refractivity contribution in [1.29, 1.82) is 0 Å². The van der Waals surface area contributed by atoms with Crippen molar-refractivity contribution in [2.24, 2.45) is 0 Å². The standard InChI is InChI=1S/C9H6ClN3O5S2/c10-9-11-4-8(19-9)20(17,18)12-6-2-1-5(13(15)16)3-7(6)14/h1-4,12,14H. The lowest BCUT2D eigenvalue weighted by Crippen LogP contribution is -2.11. The molecule has 11 heteroatoms. The molecule has 0 aliphatic rings. The van der Waals surface area contributed by atoms with Crippen LogP contribution in [-0.2, 0) is 10.0 Å². The summed E-state index contributed by atoms with van der Waals surface area (Å²) in [6.45, 7) is 0. The molecule has 1 heterocycles. The number of nitro groups is 1. The maximum Gasteiger partial charge on any atom is 0.273 e. The van der Waals surface area contributed by atoms with E-state index < -0.39 is 20.7 Å². The molecule has 1 aromatic heterocycles. The van der Waals surface area contributed by atoms with Crippen LogP contribution in [0.4, 0.5) is 11.4 Å². The van der Waals surface area contributed by atoms with Gasteiger partial charge in [0, 0.05) is 6.07 Å². The molecule has 0 amide bonds. The Morgan fingerprint density at radius 2 is 2.15 bits per heavy atom. The molecule has 106 valence electrons. The highest BCUT2D eigenvalue weighted by molar-refractivity contribution is 7.94. The fourth-order valence-corrected chi connectivity index (χ4v) is 3.65. The number of hydrogen-bond acceptors (Lipinski definition) is 7. The normalized spacial score (nSPS) is 11.2. The van der Waals surface area contributed by atoms with Crippen LogP contribution in [0, 0.1) is 10.1 Å². The number of thiazole rings is 1. The Labute approximate surface area is 121 Å². The van der Waals surface area contributed by atoms with E-state index in [1.54, 1.807) is 0 Å². The second-order valence-electron chi connectivity index (χ2n) is 3.50. The van der Waals surface area contributed by atoms with Gasteiger partial charge in [0.15, 0.2) is 8.68 Å². The first-order valence-corrected chi connectivity index (χ1v) is 7.59. The van der Waals surface area contributed by atoms with Gasteiger partial charge in [0.25, 0.3) is 15.7 Å². The highest BCUT2D eigenvalue weighted by Crippen LogP contribution is 2.31. The molecule has 0 saturated carbocycles. The summed E-state index contributed by atoms with van der Waals surface area (Å²) in [6.07, 6.45) is 1.07. The molecule has 0 saturated heterocycles. The minimum atomic E-state index is -3.96. The summed E-state index contributed by atoms with van der Waals surface area (Å²) in [4.78, 5) is 13.4. The zero-order chi connectivity index (χ0) is 14.9. The van der Waals surface area contributed by atoms with Gasteiger partial charge < -0.3 is 5.11 Å². The van der Waals surface area contributed by atoms with E-state index in [1.165, 1.54) is 0 Å². The lowest BCUT2D eigenvalue weighted by molar-refractivity contribution is -0.384. The number of hydrogen-bond donors (Lipinski definition) is 2. The number of phenolic OH excluding ortho intramolecular Hbond substituents is 1. The van der Waals surface area contributed by atoms with Crippen molar-refractivity contribution in [1.82, 2.24) is 4.98 Å². The molecule has 1 aromatic carbocycles. The first kappa shape index (κ1) is 14.5. The molecular formula is C9H6ClN3O5S2. The molecule has 0 radical (unpaired) electrons. The van der Waals surface area contributed by atoms with Gasteiger partial charge in [0.05, 0.1) is 22.9 Å². The number of nitrogens with zero attached hydrogens (tertiary/aromatic N) is 2. The fourth-order valence-electron chi connectivity index (χ4n) is 1.28. The van der Waals surface area contributed by atoms with E-state index in [2.05, 4.69) is 9.71 Å². The largest absolute Gasteiger partial charge is 0.505 e. The number of halogens is 1. The molecule has 0 spiro atoms. The Kier molecular flexibility index (Phi) is 3.79. The van der Waals surface area contributed by atoms with Crippen LogP contribution < -0.4 is 4.72 Å². The van der Waals surface area contributed by atoms with E-state index in [1.807, 2.05) is 0 Å². The molecule has 0 atom stereocenters. The number of aromatic hydroxyl groups is 1. The molecule has 2 aromatic rings. The number of non-ortho nitro benzene ring substituents is 1. The van der Waals surface area contributed by atoms with E-state index in [9.17, 15) is 23.6 Å². The third kappa shape index (κ3) is 2.98. The fraction of sp³-hybridized carbons (Fsp3) is 0. The minimum absolute atomic E-state index is 0.0540. The quantitative estimate of drug-likeness (QED) is 0.501. The molecule has 2 N–H and O–H groups in total. The Hall–Kier alpha value is -1.91. The summed E-state index contributed by atoms with van der Waals surface area (Å²) < 4.78 is 25.9. The predicted octanol–water partition coefficient (Wildman–Crippen LogP) is 2.21. The van der Waals surface area contributed by atoms with Crippen LogP contribution in [0.5, 0.6) is 5.75 Å². The van der Waals surface area contributed by atoms with Gasteiger partial charge in [-0.3, -0.25) is 14.8 Å². The number of sulfonamides is 1. The average molecular weight is 336 g/mol. The van der Waals surface area contributed by atoms with Crippen LogP contribution in [0.25, 0.3) is 0 Å². The van der Waals surface area contributed by atoms with Crippen molar-refractivity contribution in [3.05, 3.63) is 39.0 Å². The van der Waals surface area contributed by atoms with E-state index >= 15 is 0 Å². The summed E-state index contributed by atoms with van der Waals surface area (Å²) in [5.41, 5.74) is -0.536. The lowest BCUT2D eigenvalue weighted by Gasteiger charge is -2.07. The SMILES string of the molecule is O=[N+]([O-])c1ccc(NS(=O)(=O)c2cnc(Cl)s2)c(O)c1.